The number of hydrogen-bond acceptors (Lipinski definition) is 4. The zero-order valence-corrected chi connectivity index (χ0v) is 13.3. The summed E-state index contributed by atoms with van der Waals surface area (Å²) in [6.07, 6.45) is 7.66. The molecule has 6 heteroatoms. The highest BCUT2D eigenvalue weighted by atomic mass is 19.3. The van der Waals surface area contributed by atoms with Crippen LogP contribution in [0.4, 0.5) is 14.5 Å². The van der Waals surface area contributed by atoms with Crippen molar-refractivity contribution in [3.63, 3.8) is 0 Å². The lowest BCUT2D eigenvalue weighted by molar-refractivity contribution is -0.0520. The van der Waals surface area contributed by atoms with Crippen LogP contribution in [0.3, 0.4) is 0 Å². The van der Waals surface area contributed by atoms with Crippen LogP contribution >= 0.6 is 0 Å². The third-order valence-corrected chi connectivity index (χ3v) is 3.98. The maximum Gasteiger partial charge on any atom is 0.387 e. The predicted octanol–water partition coefficient (Wildman–Crippen LogP) is 4.62. The summed E-state index contributed by atoms with van der Waals surface area (Å²) in [7, 11) is 0. The highest BCUT2D eigenvalue weighted by Gasteiger charge is 2.20. The van der Waals surface area contributed by atoms with Crippen LogP contribution in [0.15, 0.2) is 42.7 Å². The number of nitrogens with zero attached hydrogens (tertiary/aromatic N) is 1. The van der Waals surface area contributed by atoms with Gasteiger partial charge in [0.05, 0.1) is 6.10 Å². The molecule has 0 amide bonds. The fourth-order valence-corrected chi connectivity index (χ4v) is 2.80. The molecule has 128 valence electrons. The van der Waals surface area contributed by atoms with E-state index in [0.29, 0.717) is 12.3 Å². The first-order valence-corrected chi connectivity index (χ1v) is 8.09. The van der Waals surface area contributed by atoms with Gasteiger partial charge in [-0.15, -0.1) is 0 Å². The van der Waals surface area contributed by atoms with Gasteiger partial charge >= 0.3 is 6.61 Å². The van der Waals surface area contributed by atoms with Crippen LogP contribution in [-0.4, -0.2) is 17.7 Å². The molecule has 1 fully saturated rings. The maximum absolute atomic E-state index is 12.6. The largest absolute Gasteiger partial charge is 0.486 e. The summed E-state index contributed by atoms with van der Waals surface area (Å²) in [6, 6.07) is 8.76. The number of benzene rings is 1. The molecule has 3 rings (SSSR count). The van der Waals surface area contributed by atoms with Gasteiger partial charge in [0.15, 0.2) is 11.5 Å². The van der Waals surface area contributed by atoms with E-state index in [9.17, 15) is 8.78 Å². The first-order valence-electron chi connectivity index (χ1n) is 8.09. The smallest absolute Gasteiger partial charge is 0.387 e. The van der Waals surface area contributed by atoms with E-state index in [1.165, 1.54) is 6.07 Å². The van der Waals surface area contributed by atoms with Crippen molar-refractivity contribution in [3.05, 3.63) is 48.3 Å². The van der Waals surface area contributed by atoms with Crippen LogP contribution in [0.2, 0.25) is 0 Å². The van der Waals surface area contributed by atoms with E-state index in [1.807, 2.05) is 12.1 Å². The van der Waals surface area contributed by atoms with E-state index in [1.54, 1.807) is 24.5 Å². The number of rotatable bonds is 7. The van der Waals surface area contributed by atoms with Gasteiger partial charge in [-0.05, 0) is 49.4 Å². The van der Waals surface area contributed by atoms with Crippen LogP contribution in [-0.2, 0) is 6.54 Å². The number of nitrogens with one attached hydrogen (secondary N) is 1. The lowest BCUT2D eigenvalue weighted by Crippen LogP contribution is -2.13. The monoisotopic (exact) mass is 334 g/mol. The lowest BCUT2D eigenvalue weighted by Gasteiger charge is -2.18. The van der Waals surface area contributed by atoms with Gasteiger partial charge in [0.2, 0.25) is 0 Å². The van der Waals surface area contributed by atoms with Crippen molar-refractivity contribution >= 4 is 5.69 Å². The van der Waals surface area contributed by atoms with E-state index < -0.39 is 6.61 Å². The minimum absolute atomic E-state index is 0.0681. The Balaban J connectivity index is 1.72. The number of ether oxygens (including phenoxy) is 2. The summed E-state index contributed by atoms with van der Waals surface area (Å²) in [4.78, 5) is 4.06. The Hall–Kier alpha value is -2.37. The van der Waals surface area contributed by atoms with Gasteiger partial charge in [-0.2, -0.15) is 8.78 Å². The molecular weight excluding hydrogens is 314 g/mol. The van der Waals surface area contributed by atoms with Crippen LogP contribution in [0.25, 0.3) is 0 Å². The number of alkyl halides is 2. The molecule has 24 heavy (non-hydrogen) atoms. The predicted molar refractivity (Wildman–Crippen MR) is 87.5 cm³/mol. The number of hydrogen-bond donors (Lipinski definition) is 1. The average Bonchev–Trinajstić information content (AvgIpc) is 3.08. The van der Waals surface area contributed by atoms with Gasteiger partial charge in [0, 0.05) is 30.7 Å². The SMILES string of the molecule is FC(F)Oc1ccc(NCc2cccnc2)cc1OC1CCCC1. The first kappa shape index (κ1) is 16.5. The molecule has 0 bridgehead atoms. The normalized spacial score (nSPS) is 14.8. The number of halogens is 2. The Morgan fingerprint density at radius 3 is 2.71 bits per heavy atom. The molecule has 4 nitrogen and oxygen atoms in total. The number of anilines is 1. The fourth-order valence-electron chi connectivity index (χ4n) is 2.80. The van der Waals surface area contributed by atoms with Gasteiger partial charge in [-0.25, -0.2) is 0 Å². The van der Waals surface area contributed by atoms with Crippen molar-refractivity contribution in [1.82, 2.24) is 4.98 Å². The first-order chi connectivity index (χ1) is 11.7. The van der Waals surface area contributed by atoms with Crippen LogP contribution in [0.5, 0.6) is 11.5 Å². The quantitative estimate of drug-likeness (QED) is 0.802. The van der Waals surface area contributed by atoms with Gasteiger partial charge in [0.25, 0.3) is 0 Å². The fraction of sp³-hybridized carbons (Fsp3) is 0.389. The van der Waals surface area contributed by atoms with E-state index in [4.69, 9.17) is 4.74 Å². The highest BCUT2D eigenvalue weighted by Crippen LogP contribution is 2.35. The Kier molecular flexibility index (Phi) is 5.46. The van der Waals surface area contributed by atoms with Crippen LogP contribution in [0, 0.1) is 0 Å². The molecule has 1 N–H and O–H groups in total. The Morgan fingerprint density at radius 2 is 2.00 bits per heavy atom. The van der Waals surface area contributed by atoms with E-state index in [-0.39, 0.29) is 11.9 Å². The van der Waals surface area contributed by atoms with Gasteiger partial charge < -0.3 is 14.8 Å². The minimum atomic E-state index is -2.87. The van der Waals surface area contributed by atoms with Crippen molar-refractivity contribution in [1.29, 1.82) is 0 Å². The third kappa shape index (κ3) is 4.57. The molecule has 1 saturated carbocycles. The van der Waals surface area contributed by atoms with Crippen molar-refractivity contribution in [2.45, 2.75) is 44.9 Å². The minimum Gasteiger partial charge on any atom is -0.486 e. The Labute approximate surface area is 139 Å². The van der Waals surface area contributed by atoms with Gasteiger partial charge in [-0.3, -0.25) is 4.98 Å². The van der Waals surface area contributed by atoms with E-state index >= 15 is 0 Å². The van der Waals surface area contributed by atoms with Crippen LogP contribution in [0.1, 0.15) is 31.2 Å². The molecular formula is C18H20F2N2O2. The highest BCUT2D eigenvalue weighted by molar-refractivity contribution is 5.55. The Bertz CT molecular complexity index is 647. The molecule has 0 unspecified atom stereocenters. The standard InChI is InChI=1S/C18H20F2N2O2/c19-18(20)24-16-8-7-14(22-12-13-4-3-9-21-11-13)10-17(16)23-15-5-1-2-6-15/h3-4,7-11,15,18,22H,1-2,5-6,12H2. The lowest BCUT2D eigenvalue weighted by atomic mass is 10.2. The van der Waals surface area contributed by atoms with Gasteiger partial charge in [-0.1, -0.05) is 6.07 Å². The van der Waals surface area contributed by atoms with Crippen molar-refractivity contribution in [2.24, 2.45) is 0 Å². The molecule has 0 spiro atoms. The second-order valence-electron chi connectivity index (χ2n) is 5.78. The zero-order valence-electron chi connectivity index (χ0n) is 13.3. The molecule has 2 aromatic rings. The van der Waals surface area contributed by atoms with Crippen molar-refractivity contribution in [3.8, 4) is 11.5 Å². The molecule has 1 aromatic carbocycles. The summed E-state index contributed by atoms with van der Waals surface area (Å²) in [5.74, 6) is 0.433. The van der Waals surface area contributed by atoms with Crippen molar-refractivity contribution in [2.75, 3.05) is 5.32 Å². The molecule has 1 heterocycles. The molecule has 0 radical (unpaired) electrons. The molecule has 0 saturated heterocycles. The molecule has 1 aliphatic rings. The summed E-state index contributed by atoms with van der Waals surface area (Å²) in [5.41, 5.74) is 1.82. The number of aromatic nitrogens is 1. The third-order valence-electron chi connectivity index (χ3n) is 3.98. The Morgan fingerprint density at radius 1 is 1.17 bits per heavy atom. The molecule has 1 aromatic heterocycles. The number of pyridine rings is 1. The summed E-state index contributed by atoms with van der Waals surface area (Å²) in [5, 5.41) is 3.24. The second kappa shape index (κ2) is 7.95. The van der Waals surface area contributed by atoms with Gasteiger partial charge in [0.1, 0.15) is 0 Å². The summed E-state index contributed by atoms with van der Waals surface area (Å²) >= 11 is 0. The molecule has 0 atom stereocenters. The van der Waals surface area contributed by atoms with Crippen LogP contribution < -0.4 is 14.8 Å². The molecule has 1 aliphatic carbocycles. The van der Waals surface area contributed by atoms with E-state index in [2.05, 4.69) is 15.0 Å². The molecule has 0 aliphatic heterocycles. The summed E-state index contributed by atoms with van der Waals surface area (Å²) < 4.78 is 35.6. The van der Waals surface area contributed by atoms with Crippen molar-refractivity contribution < 1.29 is 18.3 Å². The second-order valence-corrected chi connectivity index (χ2v) is 5.78. The zero-order chi connectivity index (χ0) is 16.8. The van der Waals surface area contributed by atoms with E-state index in [0.717, 1.165) is 36.9 Å². The maximum atomic E-state index is 12.6. The summed E-state index contributed by atoms with van der Waals surface area (Å²) in [6.45, 7) is -2.28. The topological polar surface area (TPSA) is 43.4 Å². The average molecular weight is 334 g/mol.